The van der Waals surface area contributed by atoms with E-state index in [0.29, 0.717) is 0 Å². The smallest absolute Gasteiger partial charge is 0.0972 e. The molecule has 0 saturated carbocycles. The van der Waals surface area contributed by atoms with Crippen molar-refractivity contribution in [1.82, 2.24) is 10.3 Å². The molecule has 0 amide bonds. The lowest BCUT2D eigenvalue weighted by molar-refractivity contribution is 0.778. The topological polar surface area (TPSA) is 24.9 Å². The lowest BCUT2D eigenvalue weighted by Gasteiger charge is -2.02. The highest BCUT2D eigenvalue weighted by Gasteiger charge is 2.04. The number of thiazole rings is 1. The van der Waals surface area contributed by atoms with Gasteiger partial charge >= 0.3 is 0 Å². The van der Waals surface area contributed by atoms with Crippen LogP contribution in [0.5, 0.6) is 0 Å². The maximum Gasteiger partial charge on any atom is 0.0972 e. The number of rotatable bonds is 5. The quantitative estimate of drug-likeness (QED) is 0.877. The number of hydrogen-bond acceptors (Lipinski definition) is 3. The van der Waals surface area contributed by atoms with Crippen LogP contribution in [0.15, 0.2) is 29.6 Å². The SMILES string of the molecule is CNCCc1csc(Cc2ccccc2C)n1. The predicted molar refractivity (Wildman–Crippen MR) is 73.7 cm³/mol. The van der Waals surface area contributed by atoms with Gasteiger partial charge in [0.05, 0.1) is 10.7 Å². The van der Waals surface area contributed by atoms with Gasteiger partial charge in [-0.3, -0.25) is 0 Å². The Hall–Kier alpha value is -1.19. The van der Waals surface area contributed by atoms with E-state index in [-0.39, 0.29) is 0 Å². The zero-order valence-electron chi connectivity index (χ0n) is 10.4. The second-order valence-corrected chi connectivity index (χ2v) is 5.13. The van der Waals surface area contributed by atoms with Crippen LogP contribution in [0.4, 0.5) is 0 Å². The molecule has 1 aromatic heterocycles. The van der Waals surface area contributed by atoms with Crippen molar-refractivity contribution >= 4 is 11.3 Å². The third kappa shape index (κ3) is 3.38. The van der Waals surface area contributed by atoms with Gasteiger partial charge in [-0.1, -0.05) is 24.3 Å². The Bertz CT molecular complexity index is 477. The Balaban J connectivity index is 2.04. The van der Waals surface area contributed by atoms with Crippen LogP contribution in [-0.4, -0.2) is 18.6 Å². The maximum absolute atomic E-state index is 4.66. The van der Waals surface area contributed by atoms with E-state index in [2.05, 4.69) is 46.9 Å². The van der Waals surface area contributed by atoms with Crippen LogP contribution in [0.3, 0.4) is 0 Å². The van der Waals surface area contributed by atoms with E-state index in [1.54, 1.807) is 11.3 Å². The van der Waals surface area contributed by atoms with Gasteiger partial charge in [-0.25, -0.2) is 4.98 Å². The zero-order valence-corrected chi connectivity index (χ0v) is 11.2. The minimum absolute atomic E-state index is 0.955. The molecule has 0 aliphatic heterocycles. The summed E-state index contributed by atoms with van der Waals surface area (Å²) in [5.41, 5.74) is 3.93. The molecule has 0 fully saturated rings. The molecule has 0 aliphatic carbocycles. The van der Waals surface area contributed by atoms with Crippen molar-refractivity contribution in [2.75, 3.05) is 13.6 Å². The van der Waals surface area contributed by atoms with Crippen LogP contribution in [0.2, 0.25) is 0 Å². The maximum atomic E-state index is 4.66. The molecule has 0 saturated heterocycles. The van der Waals surface area contributed by atoms with Crippen molar-refractivity contribution in [2.45, 2.75) is 19.8 Å². The van der Waals surface area contributed by atoms with Crippen LogP contribution >= 0.6 is 11.3 Å². The van der Waals surface area contributed by atoms with Crippen LogP contribution in [0, 0.1) is 6.92 Å². The van der Waals surface area contributed by atoms with Crippen LogP contribution < -0.4 is 5.32 Å². The fraction of sp³-hybridized carbons (Fsp3) is 0.357. The Morgan fingerprint density at radius 3 is 2.88 bits per heavy atom. The molecule has 3 heteroatoms. The van der Waals surface area contributed by atoms with Crippen LogP contribution in [-0.2, 0) is 12.8 Å². The van der Waals surface area contributed by atoms with Crippen molar-refractivity contribution in [3.05, 3.63) is 51.5 Å². The van der Waals surface area contributed by atoms with Gasteiger partial charge in [0, 0.05) is 24.8 Å². The fourth-order valence-corrected chi connectivity index (χ4v) is 2.62. The number of aromatic nitrogens is 1. The lowest BCUT2D eigenvalue weighted by atomic mass is 10.1. The number of hydrogen-bond donors (Lipinski definition) is 1. The monoisotopic (exact) mass is 246 g/mol. The Kier molecular flexibility index (Phi) is 4.29. The molecule has 2 aromatic rings. The first-order chi connectivity index (χ1) is 8.29. The highest BCUT2D eigenvalue weighted by Crippen LogP contribution is 2.17. The molecule has 0 radical (unpaired) electrons. The van der Waals surface area contributed by atoms with E-state index in [9.17, 15) is 0 Å². The van der Waals surface area contributed by atoms with Gasteiger partial charge in [-0.2, -0.15) is 0 Å². The molecule has 0 aliphatic rings. The van der Waals surface area contributed by atoms with Crippen molar-refractivity contribution < 1.29 is 0 Å². The third-order valence-corrected chi connectivity index (χ3v) is 3.73. The van der Waals surface area contributed by atoms with E-state index in [0.717, 1.165) is 19.4 Å². The Labute approximate surface area is 107 Å². The second kappa shape index (κ2) is 5.94. The molecule has 1 heterocycles. The summed E-state index contributed by atoms with van der Waals surface area (Å²) < 4.78 is 0. The highest BCUT2D eigenvalue weighted by molar-refractivity contribution is 7.09. The van der Waals surface area contributed by atoms with Gasteiger partial charge in [0.2, 0.25) is 0 Å². The van der Waals surface area contributed by atoms with Crippen molar-refractivity contribution in [2.24, 2.45) is 0 Å². The molecular formula is C14H18N2S. The van der Waals surface area contributed by atoms with E-state index in [4.69, 9.17) is 0 Å². The van der Waals surface area contributed by atoms with E-state index in [1.165, 1.54) is 21.8 Å². The zero-order chi connectivity index (χ0) is 12.1. The number of aryl methyl sites for hydroxylation is 1. The minimum Gasteiger partial charge on any atom is -0.319 e. The Morgan fingerprint density at radius 1 is 1.29 bits per heavy atom. The van der Waals surface area contributed by atoms with Gasteiger partial charge < -0.3 is 5.32 Å². The number of benzene rings is 1. The van der Waals surface area contributed by atoms with Gasteiger partial charge in [-0.15, -0.1) is 11.3 Å². The number of nitrogens with zero attached hydrogens (tertiary/aromatic N) is 1. The molecule has 2 nitrogen and oxygen atoms in total. The molecule has 2 rings (SSSR count). The summed E-state index contributed by atoms with van der Waals surface area (Å²) in [5, 5.41) is 6.53. The third-order valence-electron chi connectivity index (χ3n) is 2.83. The summed E-state index contributed by atoms with van der Waals surface area (Å²) in [4.78, 5) is 4.66. The standard InChI is InChI=1S/C14H18N2S/c1-11-5-3-4-6-12(11)9-14-16-13(10-17-14)7-8-15-2/h3-6,10,15H,7-9H2,1-2H3. The first kappa shape index (κ1) is 12.3. The predicted octanol–water partition coefficient (Wildman–Crippen LogP) is 2.80. The molecule has 0 unspecified atom stereocenters. The number of likely N-dealkylation sites (N-methyl/N-ethyl adjacent to an activating group) is 1. The summed E-state index contributed by atoms with van der Waals surface area (Å²) in [5.74, 6) is 0. The van der Waals surface area contributed by atoms with E-state index < -0.39 is 0 Å². The summed E-state index contributed by atoms with van der Waals surface area (Å²) in [6, 6.07) is 8.52. The highest BCUT2D eigenvalue weighted by atomic mass is 32.1. The normalized spacial score (nSPS) is 10.7. The minimum atomic E-state index is 0.955. The molecular weight excluding hydrogens is 228 g/mol. The van der Waals surface area contributed by atoms with Gasteiger partial charge in [0.15, 0.2) is 0 Å². The largest absolute Gasteiger partial charge is 0.319 e. The molecule has 17 heavy (non-hydrogen) atoms. The summed E-state index contributed by atoms with van der Waals surface area (Å²) in [6.07, 6.45) is 1.97. The molecule has 90 valence electrons. The second-order valence-electron chi connectivity index (χ2n) is 4.19. The average Bonchev–Trinajstić information content (AvgIpc) is 2.77. The Morgan fingerprint density at radius 2 is 2.12 bits per heavy atom. The summed E-state index contributed by atoms with van der Waals surface area (Å²) >= 11 is 1.76. The van der Waals surface area contributed by atoms with E-state index in [1.807, 2.05) is 7.05 Å². The molecule has 0 bridgehead atoms. The number of nitrogens with one attached hydrogen (secondary N) is 1. The fourth-order valence-electron chi connectivity index (χ4n) is 1.77. The summed E-state index contributed by atoms with van der Waals surface area (Å²) in [6.45, 7) is 3.15. The van der Waals surface area contributed by atoms with Gasteiger partial charge in [0.25, 0.3) is 0 Å². The molecule has 0 atom stereocenters. The molecule has 0 spiro atoms. The van der Waals surface area contributed by atoms with Gasteiger partial charge in [0.1, 0.15) is 0 Å². The van der Waals surface area contributed by atoms with Crippen LogP contribution in [0.1, 0.15) is 21.8 Å². The van der Waals surface area contributed by atoms with Crippen molar-refractivity contribution in [1.29, 1.82) is 0 Å². The summed E-state index contributed by atoms with van der Waals surface area (Å²) in [7, 11) is 1.97. The average molecular weight is 246 g/mol. The van der Waals surface area contributed by atoms with Crippen molar-refractivity contribution in [3.8, 4) is 0 Å². The van der Waals surface area contributed by atoms with Crippen LogP contribution in [0.25, 0.3) is 0 Å². The lowest BCUT2D eigenvalue weighted by Crippen LogP contribution is -2.10. The first-order valence-electron chi connectivity index (χ1n) is 5.92. The van der Waals surface area contributed by atoms with Crippen molar-refractivity contribution in [3.63, 3.8) is 0 Å². The van der Waals surface area contributed by atoms with Gasteiger partial charge in [-0.05, 0) is 25.1 Å². The first-order valence-corrected chi connectivity index (χ1v) is 6.80. The van der Waals surface area contributed by atoms with E-state index >= 15 is 0 Å². The molecule has 1 N–H and O–H groups in total. The molecule has 1 aromatic carbocycles.